The molecule has 0 fully saturated rings. The molecule has 0 aliphatic carbocycles. The fourth-order valence-electron chi connectivity index (χ4n) is 2.52. The second kappa shape index (κ2) is 7.50. The average Bonchev–Trinajstić information content (AvgIpc) is 2.96. The molecule has 1 aromatic heterocycles. The van der Waals surface area contributed by atoms with E-state index in [-0.39, 0.29) is 21.2 Å². The molecule has 0 atom stereocenters. The van der Waals surface area contributed by atoms with Crippen LogP contribution in [-0.4, -0.2) is 16.8 Å². The van der Waals surface area contributed by atoms with Gasteiger partial charge in [0.25, 0.3) is 20.0 Å². The topological polar surface area (TPSA) is 105 Å². The lowest BCUT2D eigenvalue weighted by atomic mass is 10.3. The summed E-state index contributed by atoms with van der Waals surface area (Å²) in [6, 6.07) is 13.0. The number of nitrogens with one attached hydrogen (secondary N) is 2. The number of furan rings is 1. The summed E-state index contributed by atoms with van der Waals surface area (Å²) in [5.41, 5.74) is 0.587. The van der Waals surface area contributed by atoms with Crippen molar-refractivity contribution in [2.45, 2.75) is 23.6 Å². The summed E-state index contributed by atoms with van der Waals surface area (Å²) in [4.78, 5) is 0.0202. The summed E-state index contributed by atoms with van der Waals surface area (Å²) >= 11 is 5.79. The maximum absolute atomic E-state index is 12.5. The van der Waals surface area contributed by atoms with E-state index in [2.05, 4.69) is 9.44 Å². The average molecular weight is 441 g/mol. The lowest BCUT2D eigenvalue weighted by Crippen LogP contribution is -2.14. The molecule has 0 aliphatic rings. The molecule has 3 aromatic rings. The van der Waals surface area contributed by atoms with Crippen molar-refractivity contribution in [2.75, 3.05) is 9.44 Å². The Hall–Kier alpha value is -2.49. The first kappa shape index (κ1) is 20.2. The highest BCUT2D eigenvalue weighted by molar-refractivity contribution is 7.93. The van der Waals surface area contributed by atoms with Crippen molar-refractivity contribution in [3.05, 3.63) is 71.1 Å². The van der Waals surface area contributed by atoms with Gasteiger partial charge in [-0.05, 0) is 62.4 Å². The molecule has 7 nitrogen and oxygen atoms in total. The first-order valence-corrected chi connectivity index (χ1v) is 11.4. The fourth-order valence-corrected chi connectivity index (χ4v) is 5.00. The zero-order valence-electron chi connectivity index (χ0n) is 14.9. The monoisotopic (exact) mass is 440 g/mol. The fraction of sp³-hybridized carbons (Fsp3) is 0.111. The molecule has 2 N–H and O–H groups in total. The molecule has 0 saturated heterocycles. The van der Waals surface area contributed by atoms with Gasteiger partial charge in [-0.3, -0.25) is 9.44 Å². The van der Waals surface area contributed by atoms with Gasteiger partial charge in [0.1, 0.15) is 16.4 Å². The summed E-state index contributed by atoms with van der Waals surface area (Å²) in [6.07, 6.45) is 0. The summed E-state index contributed by atoms with van der Waals surface area (Å²) in [6.45, 7) is 3.21. The molecule has 3 rings (SSSR count). The van der Waals surface area contributed by atoms with Gasteiger partial charge in [0.15, 0.2) is 0 Å². The van der Waals surface area contributed by atoms with Gasteiger partial charge in [-0.15, -0.1) is 0 Å². The zero-order valence-corrected chi connectivity index (χ0v) is 17.3. The van der Waals surface area contributed by atoms with Crippen molar-refractivity contribution >= 4 is 43.0 Å². The van der Waals surface area contributed by atoms with Crippen LogP contribution in [-0.2, 0) is 20.0 Å². The molecule has 0 saturated carbocycles. The molecule has 1 heterocycles. The Kier molecular flexibility index (Phi) is 5.42. The van der Waals surface area contributed by atoms with Crippen LogP contribution < -0.4 is 9.44 Å². The molecule has 0 spiro atoms. The highest BCUT2D eigenvalue weighted by atomic mass is 35.5. The number of anilines is 2. The number of hydrogen-bond acceptors (Lipinski definition) is 5. The third-order valence-electron chi connectivity index (χ3n) is 3.80. The first-order valence-electron chi connectivity index (χ1n) is 8.05. The number of benzene rings is 2. The molecular formula is C18H17ClN2O5S2. The normalized spacial score (nSPS) is 12.0. The lowest BCUT2D eigenvalue weighted by molar-refractivity contribution is 0.496. The zero-order chi connectivity index (χ0) is 20.5. The van der Waals surface area contributed by atoms with E-state index in [9.17, 15) is 16.8 Å². The third-order valence-corrected chi connectivity index (χ3v) is 6.94. The predicted molar refractivity (Wildman–Crippen MR) is 108 cm³/mol. The second-order valence-electron chi connectivity index (χ2n) is 6.02. The van der Waals surface area contributed by atoms with Crippen molar-refractivity contribution < 1.29 is 21.3 Å². The molecule has 0 unspecified atom stereocenters. The Balaban J connectivity index is 1.79. The van der Waals surface area contributed by atoms with E-state index in [1.807, 2.05) is 0 Å². The van der Waals surface area contributed by atoms with Crippen LogP contribution in [0.5, 0.6) is 0 Å². The van der Waals surface area contributed by atoms with Crippen molar-refractivity contribution in [3.8, 4) is 0 Å². The summed E-state index contributed by atoms with van der Waals surface area (Å²) in [5.74, 6) is 0.754. The summed E-state index contributed by atoms with van der Waals surface area (Å²) < 4.78 is 59.9. The SMILES string of the molecule is Cc1cc(S(=O)(=O)Nc2ccc(S(=O)(=O)Nc3ccc(Cl)cc3)cc2)c(C)o1. The van der Waals surface area contributed by atoms with Gasteiger partial charge in [0.2, 0.25) is 0 Å². The quantitative estimate of drug-likeness (QED) is 0.598. The van der Waals surface area contributed by atoms with Crippen LogP contribution in [0.15, 0.2) is 68.8 Å². The molecular weight excluding hydrogens is 424 g/mol. The molecule has 148 valence electrons. The van der Waals surface area contributed by atoms with Crippen LogP contribution in [0.2, 0.25) is 5.02 Å². The standard InChI is InChI=1S/C18H17ClN2O5S2/c1-12-11-18(13(2)26-12)28(24,25)21-16-7-9-17(10-8-16)27(22,23)20-15-5-3-14(19)4-6-15/h3-11,20-21H,1-2H3. The van der Waals surface area contributed by atoms with E-state index in [1.165, 1.54) is 42.5 Å². The Morgan fingerprint density at radius 2 is 1.29 bits per heavy atom. The summed E-state index contributed by atoms with van der Waals surface area (Å²) in [7, 11) is -7.67. The van der Waals surface area contributed by atoms with Crippen LogP contribution in [0, 0.1) is 13.8 Å². The van der Waals surface area contributed by atoms with Gasteiger partial charge in [0.05, 0.1) is 4.90 Å². The van der Waals surface area contributed by atoms with Gasteiger partial charge in [0, 0.05) is 22.5 Å². The minimum Gasteiger partial charge on any atom is -0.465 e. The molecule has 0 amide bonds. The van der Waals surface area contributed by atoms with Crippen molar-refractivity contribution in [3.63, 3.8) is 0 Å². The van der Waals surface area contributed by atoms with Crippen molar-refractivity contribution in [2.24, 2.45) is 0 Å². The maximum Gasteiger partial charge on any atom is 0.265 e. The lowest BCUT2D eigenvalue weighted by Gasteiger charge is -2.10. The van der Waals surface area contributed by atoms with Gasteiger partial charge in [-0.2, -0.15) is 0 Å². The highest BCUT2D eigenvalue weighted by Crippen LogP contribution is 2.24. The maximum atomic E-state index is 12.5. The smallest absolute Gasteiger partial charge is 0.265 e. The van der Waals surface area contributed by atoms with Gasteiger partial charge in [-0.1, -0.05) is 11.6 Å². The van der Waals surface area contributed by atoms with Crippen LogP contribution >= 0.6 is 11.6 Å². The van der Waals surface area contributed by atoms with Crippen LogP contribution in [0.4, 0.5) is 11.4 Å². The van der Waals surface area contributed by atoms with E-state index >= 15 is 0 Å². The summed E-state index contributed by atoms with van der Waals surface area (Å²) in [5, 5.41) is 0.489. The van der Waals surface area contributed by atoms with E-state index in [0.29, 0.717) is 16.5 Å². The number of halogens is 1. The van der Waals surface area contributed by atoms with Gasteiger partial charge >= 0.3 is 0 Å². The molecule has 0 bridgehead atoms. The number of aryl methyl sites for hydroxylation is 2. The van der Waals surface area contributed by atoms with Crippen LogP contribution in [0.1, 0.15) is 11.5 Å². The largest absolute Gasteiger partial charge is 0.465 e. The molecule has 0 aliphatic heterocycles. The Morgan fingerprint density at radius 3 is 1.79 bits per heavy atom. The Labute approximate surface area is 168 Å². The van der Waals surface area contributed by atoms with E-state index < -0.39 is 20.0 Å². The predicted octanol–water partition coefficient (Wildman–Crippen LogP) is 4.15. The van der Waals surface area contributed by atoms with E-state index in [1.54, 1.807) is 26.0 Å². The van der Waals surface area contributed by atoms with Crippen molar-refractivity contribution in [1.82, 2.24) is 0 Å². The molecule has 10 heteroatoms. The minimum atomic E-state index is -3.85. The molecule has 28 heavy (non-hydrogen) atoms. The van der Waals surface area contributed by atoms with Gasteiger partial charge in [-0.25, -0.2) is 16.8 Å². The van der Waals surface area contributed by atoms with Crippen molar-refractivity contribution in [1.29, 1.82) is 0 Å². The van der Waals surface area contributed by atoms with E-state index in [4.69, 9.17) is 16.0 Å². The minimum absolute atomic E-state index is 0.0132. The highest BCUT2D eigenvalue weighted by Gasteiger charge is 2.21. The Bertz CT molecular complexity index is 1200. The number of rotatable bonds is 6. The molecule has 2 aromatic carbocycles. The van der Waals surface area contributed by atoms with Crippen LogP contribution in [0.3, 0.4) is 0 Å². The molecule has 0 radical (unpaired) electrons. The first-order chi connectivity index (χ1) is 13.1. The number of sulfonamides is 2. The second-order valence-corrected chi connectivity index (χ2v) is 9.79. The number of hydrogen-bond donors (Lipinski definition) is 2. The van der Waals surface area contributed by atoms with Crippen LogP contribution in [0.25, 0.3) is 0 Å². The third kappa shape index (κ3) is 4.49. The van der Waals surface area contributed by atoms with Gasteiger partial charge < -0.3 is 4.42 Å². The van der Waals surface area contributed by atoms with E-state index in [0.717, 1.165) is 0 Å². The Morgan fingerprint density at radius 1 is 0.786 bits per heavy atom.